The first-order valence-corrected chi connectivity index (χ1v) is 12.7. The molecule has 188 valence electrons. The van der Waals surface area contributed by atoms with E-state index in [1.165, 1.54) is 44.5 Å². The monoisotopic (exact) mass is 474 g/mol. The van der Waals surface area contributed by atoms with E-state index in [2.05, 4.69) is 92.1 Å². The minimum absolute atomic E-state index is 0.0207. The Labute approximate surface area is 211 Å². The Kier molecular flexibility index (Phi) is 6.20. The van der Waals surface area contributed by atoms with Gasteiger partial charge >= 0.3 is 0 Å². The van der Waals surface area contributed by atoms with Crippen molar-refractivity contribution in [3.63, 3.8) is 0 Å². The Morgan fingerprint density at radius 3 is 2.46 bits per heavy atom. The van der Waals surface area contributed by atoms with Crippen molar-refractivity contribution in [2.24, 2.45) is 5.41 Å². The summed E-state index contributed by atoms with van der Waals surface area (Å²) in [7, 11) is 3.84. The SMILES string of the molecule is C=C(O)C1C(CCOC)c2cc3c(C)cc(C)nc3c3c2C(=C(C)/C(=C\C(C)(C)C)C3(C)C)N1C. The number of aliphatic hydroxyl groups is 1. The lowest BCUT2D eigenvalue weighted by Crippen LogP contribution is -2.45. The van der Waals surface area contributed by atoms with Crippen LogP contribution >= 0.6 is 0 Å². The summed E-state index contributed by atoms with van der Waals surface area (Å²) in [5.41, 5.74) is 10.8. The predicted octanol–water partition coefficient (Wildman–Crippen LogP) is 7.35. The number of nitrogens with zero attached hydrogens (tertiary/aromatic N) is 2. The summed E-state index contributed by atoms with van der Waals surface area (Å²) in [6.07, 6.45) is 3.23. The smallest absolute Gasteiger partial charge is 0.108 e. The molecule has 4 rings (SSSR count). The summed E-state index contributed by atoms with van der Waals surface area (Å²) in [6, 6.07) is 4.29. The molecule has 1 aliphatic heterocycles. The van der Waals surface area contributed by atoms with E-state index in [1.807, 2.05) is 0 Å². The number of methoxy groups -OCH3 is 1. The molecule has 0 spiro atoms. The zero-order valence-corrected chi connectivity index (χ0v) is 23.3. The number of aliphatic hydroxyl groups excluding tert-OH is 1. The molecule has 0 bridgehead atoms. The maximum atomic E-state index is 10.9. The predicted molar refractivity (Wildman–Crippen MR) is 147 cm³/mol. The van der Waals surface area contributed by atoms with Gasteiger partial charge in [0, 0.05) is 54.4 Å². The summed E-state index contributed by atoms with van der Waals surface area (Å²) < 4.78 is 5.52. The average molecular weight is 475 g/mol. The maximum Gasteiger partial charge on any atom is 0.108 e. The maximum absolute atomic E-state index is 10.9. The number of likely N-dealkylation sites (N-methyl/N-ethyl adjacent to an activating group) is 1. The first-order chi connectivity index (χ1) is 16.2. The molecular weight excluding hydrogens is 432 g/mol. The van der Waals surface area contributed by atoms with Crippen molar-refractivity contribution in [2.45, 2.75) is 79.2 Å². The van der Waals surface area contributed by atoms with Gasteiger partial charge in [-0.3, -0.25) is 4.98 Å². The van der Waals surface area contributed by atoms with E-state index in [9.17, 15) is 5.11 Å². The number of hydrogen-bond acceptors (Lipinski definition) is 4. The van der Waals surface area contributed by atoms with E-state index in [0.29, 0.717) is 6.61 Å². The third-order valence-corrected chi connectivity index (χ3v) is 7.87. The molecule has 0 amide bonds. The van der Waals surface area contributed by atoms with Crippen molar-refractivity contribution in [3.05, 3.63) is 69.6 Å². The molecular formula is C31H42N2O2. The fourth-order valence-electron chi connectivity index (χ4n) is 6.54. The number of rotatable bonds is 4. The standard InChI is InChI=1S/C31H42N2O2/c1-17-14-18(2)32-27-22(17)15-23-21(12-13-35-11)29(20(4)34)33(10)28-19(3)24(16-30(5,6)7)31(8,9)26(27)25(23)28/h14-16,21,29,34H,4,12-13H2,1-3,5-11H3/b24-16+. The van der Waals surface area contributed by atoms with Crippen LogP contribution in [0.15, 0.2) is 41.7 Å². The Balaban J connectivity index is 2.24. The lowest BCUT2D eigenvalue weighted by Gasteiger charge is -2.50. The molecule has 2 aromatic rings. The van der Waals surface area contributed by atoms with Crippen LogP contribution in [0.2, 0.25) is 0 Å². The number of fused-ring (bicyclic) bond motifs is 2. The van der Waals surface area contributed by atoms with Crippen LogP contribution in [0.1, 0.15) is 81.8 Å². The number of hydrogen-bond donors (Lipinski definition) is 1. The summed E-state index contributed by atoms with van der Waals surface area (Å²) in [6.45, 7) is 22.6. The summed E-state index contributed by atoms with van der Waals surface area (Å²) in [5.74, 6) is 0.267. The van der Waals surface area contributed by atoms with Gasteiger partial charge in [0.25, 0.3) is 0 Å². The molecule has 0 saturated carbocycles. The lowest BCUT2D eigenvalue weighted by atomic mass is 9.62. The van der Waals surface area contributed by atoms with Crippen molar-refractivity contribution in [1.29, 1.82) is 0 Å². The molecule has 1 aliphatic carbocycles. The molecule has 2 atom stereocenters. The second-order valence-corrected chi connectivity index (χ2v) is 12.2. The highest BCUT2D eigenvalue weighted by Gasteiger charge is 2.47. The fraction of sp³-hybridized carbons (Fsp3) is 0.516. The molecule has 1 aromatic carbocycles. The van der Waals surface area contributed by atoms with Gasteiger partial charge in [-0.25, -0.2) is 0 Å². The third-order valence-electron chi connectivity index (χ3n) is 7.87. The van der Waals surface area contributed by atoms with E-state index in [1.54, 1.807) is 7.11 Å². The van der Waals surface area contributed by atoms with Gasteiger partial charge in [0.15, 0.2) is 0 Å². The minimum atomic E-state index is -0.229. The van der Waals surface area contributed by atoms with Gasteiger partial charge in [0.2, 0.25) is 0 Å². The van der Waals surface area contributed by atoms with Crippen LogP contribution < -0.4 is 0 Å². The zero-order valence-electron chi connectivity index (χ0n) is 23.3. The number of aromatic nitrogens is 1. The van der Waals surface area contributed by atoms with E-state index in [-0.39, 0.29) is 28.5 Å². The Hall–Kier alpha value is -2.59. The molecule has 35 heavy (non-hydrogen) atoms. The van der Waals surface area contributed by atoms with Crippen LogP contribution in [-0.4, -0.2) is 41.8 Å². The second-order valence-electron chi connectivity index (χ2n) is 12.2. The number of benzene rings is 1. The first-order valence-electron chi connectivity index (χ1n) is 12.7. The number of ether oxygens (including phenoxy) is 1. The molecule has 4 nitrogen and oxygen atoms in total. The van der Waals surface area contributed by atoms with Crippen LogP contribution in [-0.2, 0) is 10.2 Å². The summed E-state index contributed by atoms with van der Waals surface area (Å²) in [5, 5.41) is 12.1. The van der Waals surface area contributed by atoms with Gasteiger partial charge in [-0.15, -0.1) is 0 Å². The van der Waals surface area contributed by atoms with Crippen molar-refractivity contribution in [3.8, 4) is 0 Å². The van der Waals surface area contributed by atoms with Crippen LogP contribution in [0.25, 0.3) is 16.6 Å². The van der Waals surface area contributed by atoms with Crippen LogP contribution in [0.4, 0.5) is 0 Å². The van der Waals surface area contributed by atoms with Crippen LogP contribution in [0.5, 0.6) is 0 Å². The second kappa shape index (κ2) is 8.51. The summed E-state index contributed by atoms with van der Waals surface area (Å²) >= 11 is 0. The van der Waals surface area contributed by atoms with E-state index in [0.717, 1.165) is 17.6 Å². The highest BCUT2D eigenvalue weighted by atomic mass is 16.5. The first kappa shape index (κ1) is 25.5. The Bertz CT molecular complexity index is 1270. The average Bonchev–Trinajstić information content (AvgIpc) is 2.72. The minimum Gasteiger partial charge on any atom is -0.511 e. The van der Waals surface area contributed by atoms with E-state index in [4.69, 9.17) is 9.72 Å². The molecule has 2 heterocycles. The van der Waals surface area contributed by atoms with Crippen LogP contribution in [0.3, 0.4) is 0 Å². The molecule has 0 fully saturated rings. The number of aryl methyl sites for hydroxylation is 2. The van der Waals surface area contributed by atoms with Gasteiger partial charge in [-0.1, -0.05) is 47.3 Å². The third kappa shape index (κ3) is 4.00. The Morgan fingerprint density at radius 2 is 1.89 bits per heavy atom. The van der Waals surface area contributed by atoms with E-state index >= 15 is 0 Å². The zero-order chi connectivity index (χ0) is 26.0. The van der Waals surface area contributed by atoms with Crippen molar-refractivity contribution < 1.29 is 9.84 Å². The normalized spacial score (nSPS) is 22.7. The molecule has 4 heteroatoms. The molecule has 0 radical (unpaired) electrons. The highest BCUT2D eigenvalue weighted by Crippen LogP contribution is 2.56. The molecule has 2 unspecified atom stereocenters. The van der Waals surface area contributed by atoms with Crippen LogP contribution in [0, 0.1) is 19.3 Å². The van der Waals surface area contributed by atoms with Gasteiger partial charge in [-0.05, 0) is 72.6 Å². The van der Waals surface area contributed by atoms with Gasteiger partial charge < -0.3 is 14.7 Å². The topological polar surface area (TPSA) is 45.6 Å². The molecule has 1 N–H and O–H groups in total. The van der Waals surface area contributed by atoms with Crippen molar-refractivity contribution >= 4 is 16.6 Å². The quantitative estimate of drug-likeness (QED) is 0.471. The van der Waals surface area contributed by atoms with Gasteiger partial charge in [0.05, 0.1) is 11.6 Å². The highest BCUT2D eigenvalue weighted by molar-refractivity contribution is 5.96. The van der Waals surface area contributed by atoms with E-state index < -0.39 is 0 Å². The molecule has 1 aromatic heterocycles. The Morgan fingerprint density at radius 1 is 1.23 bits per heavy atom. The van der Waals surface area contributed by atoms with Gasteiger partial charge in [-0.2, -0.15) is 0 Å². The molecule has 2 aliphatic rings. The number of pyridine rings is 1. The van der Waals surface area contributed by atoms with Gasteiger partial charge in [0.1, 0.15) is 5.76 Å². The van der Waals surface area contributed by atoms with Crippen molar-refractivity contribution in [1.82, 2.24) is 9.88 Å². The largest absolute Gasteiger partial charge is 0.511 e. The molecule has 0 saturated heterocycles. The van der Waals surface area contributed by atoms with Crippen molar-refractivity contribution in [2.75, 3.05) is 20.8 Å². The summed E-state index contributed by atoms with van der Waals surface area (Å²) in [4.78, 5) is 7.40. The lowest BCUT2D eigenvalue weighted by molar-refractivity contribution is 0.161. The number of allylic oxidation sites excluding steroid dienone is 3. The fourth-order valence-corrected chi connectivity index (χ4v) is 6.54.